The molecule has 0 aliphatic rings. The van der Waals surface area contributed by atoms with Crippen LogP contribution in [0.15, 0.2) is 54.7 Å². The van der Waals surface area contributed by atoms with E-state index in [0.717, 1.165) is 33.5 Å². The van der Waals surface area contributed by atoms with Gasteiger partial charge in [0.25, 0.3) is 0 Å². The first-order chi connectivity index (χ1) is 14.5. The average Bonchev–Trinajstić information content (AvgIpc) is 3.06. The number of aromatic nitrogens is 3. The maximum Gasteiger partial charge on any atom is 0.246 e. The molecule has 2 aromatic heterocycles. The van der Waals surface area contributed by atoms with Gasteiger partial charge in [0.1, 0.15) is 18.1 Å². The number of hydrogen-bond donors (Lipinski definition) is 1. The lowest BCUT2D eigenvalue weighted by atomic mass is 10.0. The van der Waals surface area contributed by atoms with Gasteiger partial charge in [0, 0.05) is 11.6 Å². The summed E-state index contributed by atoms with van der Waals surface area (Å²) in [7, 11) is 1.63. The molecule has 4 rings (SSSR count). The number of nitrogens with zero attached hydrogens (tertiary/aromatic N) is 3. The van der Waals surface area contributed by atoms with E-state index in [9.17, 15) is 9.18 Å². The first kappa shape index (κ1) is 19.6. The number of carbonyl (C=O) groups is 1. The van der Waals surface area contributed by atoms with Crippen molar-refractivity contribution in [3.63, 3.8) is 0 Å². The second-order valence-corrected chi connectivity index (χ2v) is 7.06. The van der Waals surface area contributed by atoms with Gasteiger partial charge in [0.2, 0.25) is 5.91 Å². The van der Waals surface area contributed by atoms with Gasteiger partial charge in [-0.25, -0.2) is 14.1 Å². The third kappa shape index (κ3) is 3.74. The van der Waals surface area contributed by atoms with E-state index in [1.165, 1.54) is 6.07 Å². The van der Waals surface area contributed by atoms with E-state index in [4.69, 9.17) is 4.74 Å². The minimum atomic E-state index is -0.477. The normalized spacial score (nSPS) is 10.9. The van der Waals surface area contributed by atoms with Gasteiger partial charge < -0.3 is 10.1 Å². The van der Waals surface area contributed by atoms with Gasteiger partial charge in [-0.3, -0.25) is 4.79 Å². The zero-order valence-electron chi connectivity index (χ0n) is 16.9. The van der Waals surface area contributed by atoms with Crippen molar-refractivity contribution in [2.24, 2.45) is 0 Å². The number of methoxy groups -OCH3 is 1. The van der Waals surface area contributed by atoms with Crippen molar-refractivity contribution in [3.05, 3.63) is 71.8 Å². The maximum absolute atomic E-state index is 14.0. The molecule has 7 heteroatoms. The van der Waals surface area contributed by atoms with Gasteiger partial charge >= 0.3 is 0 Å². The first-order valence-electron chi connectivity index (χ1n) is 9.49. The fourth-order valence-electron chi connectivity index (χ4n) is 3.46. The standard InChI is InChI=1S/C23H21FN4O2/c1-14-4-9-19(24)20(12-14)26-21(29)13-28-23-22(15(2)27-28)18(10-11-25-23)16-5-7-17(30-3)8-6-16/h4-12H,13H2,1-3H3,(H,26,29). The predicted octanol–water partition coefficient (Wildman–Crippen LogP) is 4.50. The molecular weight excluding hydrogens is 383 g/mol. The minimum Gasteiger partial charge on any atom is -0.497 e. The molecule has 0 fully saturated rings. The molecule has 0 unspecified atom stereocenters. The van der Waals surface area contributed by atoms with Gasteiger partial charge in [-0.05, 0) is 60.9 Å². The van der Waals surface area contributed by atoms with Crippen LogP contribution < -0.4 is 10.1 Å². The van der Waals surface area contributed by atoms with Crippen LogP contribution in [0.5, 0.6) is 5.75 Å². The Labute approximate surface area is 173 Å². The summed E-state index contributed by atoms with van der Waals surface area (Å²) in [5.41, 5.74) is 4.34. The molecule has 1 amide bonds. The van der Waals surface area contributed by atoms with E-state index in [1.54, 1.807) is 30.1 Å². The number of anilines is 1. The van der Waals surface area contributed by atoms with Crippen LogP contribution in [0.2, 0.25) is 0 Å². The van der Waals surface area contributed by atoms with E-state index in [0.29, 0.717) is 5.65 Å². The van der Waals surface area contributed by atoms with Crippen LogP contribution in [-0.2, 0) is 11.3 Å². The second kappa shape index (κ2) is 7.94. The highest BCUT2D eigenvalue weighted by atomic mass is 19.1. The van der Waals surface area contributed by atoms with E-state index >= 15 is 0 Å². The first-order valence-corrected chi connectivity index (χ1v) is 9.49. The Hall–Kier alpha value is -3.74. The fraction of sp³-hybridized carbons (Fsp3) is 0.174. The fourth-order valence-corrected chi connectivity index (χ4v) is 3.46. The highest BCUT2D eigenvalue weighted by Crippen LogP contribution is 2.31. The molecule has 152 valence electrons. The van der Waals surface area contributed by atoms with Crippen molar-refractivity contribution >= 4 is 22.6 Å². The van der Waals surface area contributed by atoms with Crippen molar-refractivity contribution in [1.82, 2.24) is 14.8 Å². The van der Waals surface area contributed by atoms with Crippen molar-refractivity contribution in [1.29, 1.82) is 0 Å². The van der Waals surface area contributed by atoms with E-state index in [1.807, 2.05) is 44.2 Å². The molecule has 0 atom stereocenters. The number of nitrogens with one attached hydrogen (secondary N) is 1. The van der Waals surface area contributed by atoms with Gasteiger partial charge in [-0.1, -0.05) is 18.2 Å². The molecule has 0 aliphatic heterocycles. The third-order valence-electron chi connectivity index (χ3n) is 4.90. The Morgan fingerprint density at radius 1 is 1.13 bits per heavy atom. The quantitative estimate of drug-likeness (QED) is 0.532. The van der Waals surface area contributed by atoms with Crippen molar-refractivity contribution in [3.8, 4) is 16.9 Å². The van der Waals surface area contributed by atoms with Gasteiger partial charge in [-0.15, -0.1) is 0 Å². The lowest BCUT2D eigenvalue weighted by Crippen LogP contribution is -2.20. The number of benzene rings is 2. The highest BCUT2D eigenvalue weighted by molar-refractivity contribution is 5.96. The van der Waals surface area contributed by atoms with Crippen LogP contribution in [-0.4, -0.2) is 27.8 Å². The van der Waals surface area contributed by atoms with Crippen LogP contribution >= 0.6 is 0 Å². The number of fused-ring (bicyclic) bond motifs is 1. The molecule has 0 spiro atoms. The van der Waals surface area contributed by atoms with Crippen LogP contribution in [0.4, 0.5) is 10.1 Å². The van der Waals surface area contributed by atoms with Gasteiger partial charge in [0.15, 0.2) is 5.65 Å². The number of aryl methyl sites for hydroxylation is 2. The Morgan fingerprint density at radius 3 is 2.63 bits per heavy atom. The predicted molar refractivity (Wildman–Crippen MR) is 114 cm³/mol. The Kier molecular flexibility index (Phi) is 5.18. The van der Waals surface area contributed by atoms with Gasteiger partial charge in [-0.2, -0.15) is 5.10 Å². The molecule has 30 heavy (non-hydrogen) atoms. The van der Waals surface area contributed by atoms with E-state index < -0.39 is 5.82 Å². The summed E-state index contributed by atoms with van der Waals surface area (Å²) in [6, 6.07) is 14.2. The van der Waals surface area contributed by atoms with E-state index in [-0.39, 0.29) is 18.1 Å². The zero-order chi connectivity index (χ0) is 21.3. The summed E-state index contributed by atoms with van der Waals surface area (Å²) < 4.78 is 20.7. The lowest BCUT2D eigenvalue weighted by molar-refractivity contribution is -0.116. The SMILES string of the molecule is COc1ccc(-c2ccnc3c2c(C)nn3CC(=O)Nc2cc(C)ccc2F)cc1. The van der Waals surface area contributed by atoms with Crippen molar-refractivity contribution in [2.75, 3.05) is 12.4 Å². The summed E-state index contributed by atoms with van der Waals surface area (Å²) >= 11 is 0. The average molecular weight is 404 g/mol. The zero-order valence-corrected chi connectivity index (χ0v) is 16.9. The molecule has 2 aromatic carbocycles. The molecule has 0 saturated carbocycles. The maximum atomic E-state index is 14.0. The Balaban J connectivity index is 1.65. The summed E-state index contributed by atoms with van der Waals surface area (Å²) in [6.07, 6.45) is 1.69. The Morgan fingerprint density at radius 2 is 1.90 bits per heavy atom. The van der Waals surface area contributed by atoms with Crippen molar-refractivity contribution < 1.29 is 13.9 Å². The summed E-state index contributed by atoms with van der Waals surface area (Å²) in [5.74, 6) is -0.0764. The molecule has 0 radical (unpaired) electrons. The monoisotopic (exact) mass is 404 g/mol. The highest BCUT2D eigenvalue weighted by Gasteiger charge is 2.16. The molecule has 2 heterocycles. The van der Waals surface area contributed by atoms with E-state index in [2.05, 4.69) is 15.4 Å². The molecule has 4 aromatic rings. The molecule has 0 saturated heterocycles. The van der Waals surface area contributed by atoms with Gasteiger partial charge in [0.05, 0.1) is 18.5 Å². The summed E-state index contributed by atoms with van der Waals surface area (Å²) in [5, 5.41) is 7.99. The molecule has 0 bridgehead atoms. The van der Waals surface area contributed by atoms with Crippen LogP contribution in [0, 0.1) is 19.7 Å². The molecular formula is C23H21FN4O2. The summed E-state index contributed by atoms with van der Waals surface area (Å²) in [6.45, 7) is 3.65. The van der Waals surface area contributed by atoms with Crippen LogP contribution in [0.1, 0.15) is 11.3 Å². The number of halogens is 1. The number of amides is 1. The number of hydrogen-bond acceptors (Lipinski definition) is 4. The second-order valence-electron chi connectivity index (χ2n) is 7.06. The number of pyridine rings is 1. The topological polar surface area (TPSA) is 69.0 Å². The molecule has 6 nitrogen and oxygen atoms in total. The minimum absolute atomic E-state index is 0.0726. The summed E-state index contributed by atoms with van der Waals surface area (Å²) in [4.78, 5) is 17.0. The van der Waals surface area contributed by atoms with Crippen LogP contribution in [0.3, 0.4) is 0 Å². The largest absolute Gasteiger partial charge is 0.497 e. The van der Waals surface area contributed by atoms with Crippen molar-refractivity contribution in [2.45, 2.75) is 20.4 Å². The molecule has 1 N–H and O–H groups in total. The number of carbonyl (C=O) groups excluding carboxylic acids is 1. The number of rotatable bonds is 5. The smallest absolute Gasteiger partial charge is 0.246 e. The van der Waals surface area contributed by atoms with Crippen LogP contribution in [0.25, 0.3) is 22.2 Å². The molecule has 0 aliphatic carbocycles. The number of ether oxygens (including phenoxy) is 1. The third-order valence-corrected chi connectivity index (χ3v) is 4.90. The lowest BCUT2D eigenvalue weighted by Gasteiger charge is -2.08. The Bertz CT molecular complexity index is 1230.